The quantitative estimate of drug-likeness (QED) is 0.913. The van der Waals surface area contributed by atoms with Gasteiger partial charge >= 0.3 is 5.97 Å². The fourth-order valence-electron chi connectivity index (χ4n) is 1.93. The van der Waals surface area contributed by atoms with Gasteiger partial charge in [0.25, 0.3) is 0 Å². The highest BCUT2D eigenvalue weighted by Crippen LogP contribution is 2.26. The molecule has 21 heavy (non-hydrogen) atoms. The summed E-state index contributed by atoms with van der Waals surface area (Å²) in [7, 11) is -3.97. The Kier molecular flexibility index (Phi) is 4.76. The van der Waals surface area contributed by atoms with Gasteiger partial charge in [-0.3, -0.25) is 4.79 Å². The summed E-state index contributed by atoms with van der Waals surface area (Å²) in [6, 6.07) is 6.14. The Bertz CT molecular complexity index is 697. The first-order chi connectivity index (χ1) is 9.50. The summed E-state index contributed by atoms with van der Waals surface area (Å²) in [4.78, 5) is 11.0. The fourth-order valence-corrected chi connectivity index (χ4v) is 3.88. The molecule has 0 aromatic heterocycles. The standard InChI is InChI=1S/C14H18N2O4S/c1-10-7-11(8-15)5-6-12(10)21(19,20)16(9-13(17)18)14(2,3)4/h5-7H,9H2,1-4H3,(H,17,18). The van der Waals surface area contributed by atoms with Gasteiger partial charge in [-0.2, -0.15) is 9.57 Å². The molecule has 0 atom stereocenters. The van der Waals surface area contributed by atoms with Gasteiger partial charge < -0.3 is 5.11 Å². The third kappa shape index (κ3) is 3.80. The molecule has 114 valence electrons. The molecule has 0 unspecified atom stereocenters. The molecule has 7 heteroatoms. The van der Waals surface area contributed by atoms with E-state index in [1.807, 2.05) is 6.07 Å². The number of nitriles is 1. The molecule has 6 nitrogen and oxygen atoms in total. The van der Waals surface area contributed by atoms with Crippen LogP contribution in [-0.2, 0) is 14.8 Å². The number of rotatable bonds is 4. The van der Waals surface area contributed by atoms with Gasteiger partial charge in [0.15, 0.2) is 0 Å². The number of carboxylic acid groups (broad SMARTS) is 1. The number of sulfonamides is 1. The average Bonchev–Trinajstić information content (AvgIpc) is 2.33. The smallest absolute Gasteiger partial charge is 0.318 e. The molecule has 0 bridgehead atoms. The van der Waals surface area contributed by atoms with Gasteiger partial charge in [0.1, 0.15) is 6.54 Å². The number of carbonyl (C=O) groups is 1. The molecule has 0 saturated carbocycles. The van der Waals surface area contributed by atoms with Crippen LogP contribution in [-0.4, -0.2) is 35.9 Å². The zero-order valence-electron chi connectivity index (χ0n) is 12.4. The SMILES string of the molecule is Cc1cc(C#N)ccc1S(=O)(=O)N(CC(=O)O)C(C)(C)C. The number of nitrogens with zero attached hydrogens (tertiary/aromatic N) is 2. The van der Waals surface area contributed by atoms with Crippen molar-refractivity contribution in [3.05, 3.63) is 29.3 Å². The molecule has 1 rings (SSSR count). The number of carboxylic acids is 1. The number of aryl methyl sites for hydroxylation is 1. The van der Waals surface area contributed by atoms with E-state index >= 15 is 0 Å². The van der Waals surface area contributed by atoms with Crippen LogP contribution >= 0.6 is 0 Å². The summed E-state index contributed by atoms with van der Waals surface area (Å²) in [5.74, 6) is -1.22. The molecule has 0 aliphatic carbocycles. The van der Waals surface area contributed by atoms with Crippen molar-refractivity contribution in [3.63, 3.8) is 0 Å². The van der Waals surface area contributed by atoms with Gasteiger partial charge in [0, 0.05) is 5.54 Å². The minimum Gasteiger partial charge on any atom is -0.480 e. The van der Waals surface area contributed by atoms with Crippen molar-refractivity contribution < 1.29 is 18.3 Å². The van der Waals surface area contributed by atoms with Crippen molar-refractivity contribution in [3.8, 4) is 6.07 Å². The van der Waals surface area contributed by atoms with Gasteiger partial charge in [0.2, 0.25) is 10.0 Å². The summed E-state index contributed by atoms with van der Waals surface area (Å²) in [6.07, 6.45) is 0. The predicted molar refractivity (Wildman–Crippen MR) is 77.2 cm³/mol. The van der Waals surface area contributed by atoms with E-state index in [9.17, 15) is 13.2 Å². The van der Waals surface area contributed by atoms with Crippen LogP contribution in [0.3, 0.4) is 0 Å². The van der Waals surface area contributed by atoms with Crippen molar-refractivity contribution in [2.45, 2.75) is 38.1 Å². The number of hydrogen-bond acceptors (Lipinski definition) is 4. The number of aliphatic carboxylic acids is 1. The fraction of sp³-hybridized carbons (Fsp3) is 0.429. The Morgan fingerprint density at radius 2 is 1.95 bits per heavy atom. The molecule has 1 N–H and O–H groups in total. The van der Waals surface area contributed by atoms with Crippen molar-refractivity contribution in [1.29, 1.82) is 5.26 Å². The minimum absolute atomic E-state index is 0.0117. The third-order valence-electron chi connectivity index (χ3n) is 2.90. The molecule has 0 heterocycles. The molecule has 0 amide bonds. The van der Waals surface area contributed by atoms with Crippen LogP contribution in [0.1, 0.15) is 31.9 Å². The van der Waals surface area contributed by atoms with E-state index in [0.717, 1.165) is 4.31 Å². The zero-order valence-corrected chi connectivity index (χ0v) is 13.2. The van der Waals surface area contributed by atoms with Gasteiger partial charge in [-0.1, -0.05) is 0 Å². The average molecular weight is 310 g/mol. The van der Waals surface area contributed by atoms with Gasteiger partial charge in [-0.05, 0) is 51.5 Å². The maximum absolute atomic E-state index is 12.7. The molecule has 0 aliphatic rings. The summed E-state index contributed by atoms with van der Waals surface area (Å²) < 4.78 is 26.4. The van der Waals surface area contributed by atoms with Crippen LogP contribution < -0.4 is 0 Å². The zero-order chi connectivity index (χ0) is 16.4. The van der Waals surface area contributed by atoms with E-state index in [1.165, 1.54) is 18.2 Å². The first-order valence-corrected chi connectivity index (χ1v) is 7.69. The van der Waals surface area contributed by atoms with Gasteiger partial charge in [0.05, 0.1) is 16.5 Å². The molecule has 1 aromatic carbocycles. The minimum atomic E-state index is -3.97. The van der Waals surface area contributed by atoms with Crippen molar-refractivity contribution in [2.75, 3.05) is 6.54 Å². The predicted octanol–water partition coefficient (Wildman–Crippen LogP) is 1.74. The van der Waals surface area contributed by atoms with Gasteiger partial charge in [-0.15, -0.1) is 0 Å². The van der Waals surface area contributed by atoms with Crippen molar-refractivity contribution in [2.24, 2.45) is 0 Å². The second-order valence-corrected chi connectivity index (χ2v) is 7.50. The topological polar surface area (TPSA) is 98.5 Å². The number of benzene rings is 1. The van der Waals surface area contributed by atoms with E-state index in [4.69, 9.17) is 10.4 Å². The molecule has 0 radical (unpaired) electrons. The summed E-state index contributed by atoms with van der Waals surface area (Å²) in [6.45, 7) is 5.85. The molecular formula is C14H18N2O4S. The normalized spacial score (nSPS) is 12.2. The van der Waals surface area contributed by atoms with Gasteiger partial charge in [-0.25, -0.2) is 8.42 Å². The summed E-state index contributed by atoms with van der Waals surface area (Å²) >= 11 is 0. The second kappa shape index (κ2) is 5.84. The molecule has 1 aromatic rings. The number of hydrogen-bond donors (Lipinski definition) is 1. The Labute approximate surface area is 124 Å². The lowest BCUT2D eigenvalue weighted by atomic mass is 10.1. The van der Waals surface area contributed by atoms with Crippen LogP contribution in [0.2, 0.25) is 0 Å². The highest BCUT2D eigenvalue weighted by Gasteiger charge is 2.36. The lowest BCUT2D eigenvalue weighted by molar-refractivity contribution is -0.138. The molecule has 0 saturated heterocycles. The van der Waals surface area contributed by atoms with Crippen LogP contribution in [0.4, 0.5) is 0 Å². The molecule has 0 spiro atoms. The van der Waals surface area contributed by atoms with E-state index in [0.29, 0.717) is 11.1 Å². The second-order valence-electron chi connectivity index (χ2n) is 5.67. The highest BCUT2D eigenvalue weighted by molar-refractivity contribution is 7.89. The molecule has 0 fully saturated rings. The van der Waals surface area contributed by atoms with Crippen molar-refractivity contribution in [1.82, 2.24) is 4.31 Å². The van der Waals surface area contributed by atoms with E-state index in [2.05, 4.69) is 0 Å². The monoisotopic (exact) mass is 310 g/mol. The van der Waals surface area contributed by atoms with E-state index in [-0.39, 0.29) is 4.90 Å². The van der Waals surface area contributed by atoms with E-state index < -0.39 is 28.1 Å². The first kappa shape index (κ1) is 17.1. The third-order valence-corrected chi connectivity index (χ3v) is 5.17. The Morgan fingerprint density at radius 3 is 2.33 bits per heavy atom. The Morgan fingerprint density at radius 1 is 1.38 bits per heavy atom. The van der Waals surface area contributed by atoms with Crippen LogP contribution in [0.5, 0.6) is 0 Å². The first-order valence-electron chi connectivity index (χ1n) is 6.25. The van der Waals surface area contributed by atoms with Crippen LogP contribution in [0, 0.1) is 18.3 Å². The highest BCUT2D eigenvalue weighted by atomic mass is 32.2. The largest absolute Gasteiger partial charge is 0.480 e. The molecular weight excluding hydrogens is 292 g/mol. The molecule has 0 aliphatic heterocycles. The van der Waals surface area contributed by atoms with Crippen LogP contribution in [0.15, 0.2) is 23.1 Å². The summed E-state index contributed by atoms with van der Waals surface area (Å²) in [5.41, 5.74) is -0.113. The van der Waals surface area contributed by atoms with E-state index in [1.54, 1.807) is 27.7 Å². The van der Waals surface area contributed by atoms with Crippen molar-refractivity contribution >= 4 is 16.0 Å². The maximum atomic E-state index is 12.7. The van der Waals surface area contributed by atoms with Crippen LogP contribution in [0.25, 0.3) is 0 Å². The Balaban J connectivity index is 3.43. The Hall–Kier alpha value is -1.91. The summed E-state index contributed by atoms with van der Waals surface area (Å²) in [5, 5.41) is 17.8. The lowest BCUT2D eigenvalue weighted by Gasteiger charge is -2.33. The maximum Gasteiger partial charge on any atom is 0.318 e. The lowest BCUT2D eigenvalue weighted by Crippen LogP contribution is -2.48.